The van der Waals surface area contributed by atoms with Gasteiger partial charge in [-0.2, -0.15) is 0 Å². The molecule has 0 atom stereocenters. The van der Waals surface area contributed by atoms with Crippen LogP contribution in [0.4, 0.5) is 0 Å². The Bertz CT molecular complexity index is 474. The molecule has 0 aliphatic carbocycles. The molecule has 0 radical (unpaired) electrons. The highest BCUT2D eigenvalue weighted by Crippen LogP contribution is 2.41. The van der Waals surface area contributed by atoms with Crippen LogP contribution < -0.4 is 14.2 Å². The van der Waals surface area contributed by atoms with Gasteiger partial charge in [0.15, 0.2) is 11.5 Å². The molecular formula is C20H33BrO3. The Morgan fingerprint density at radius 2 is 1.29 bits per heavy atom. The fourth-order valence-electron chi connectivity index (χ4n) is 3.08. The molecule has 24 heavy (non-hydrogen) atoms. The third kappa shape index (κ3) is 6.54. The van der Waals surface area contributed by atoms with Gasteiger partial charge in [-0.25, -0.2) is 0 Å². The summed E-state index contributed by atoms with van der Waals surface area (Å²) in [5.74, 6) is 2.23. The molecule has 0 fully saturated rings. The third-order valence-electron chi connectivity index (χ3n) is 4.52. The van der Waals surface area contributed by atoms with Crippen LogP contribution in [0.2, 0.25) is 0 Å². The number of unbranched alkanes of at least 4 members (excludes halogenated alkanes) is 7. The first-order valence-electron chi connectivity index (χ1n) is 9.04. The zero-order valence-corrected chi connectivity index (χ0v) is 17.3. The van der Waals surface area contributed by atoms with E-state index in [0.29, 0.717) is 5.75 Å². The molecule has 1 aromatic rings. The topological polar surface area (TPSA) is 27.7 Å². The van der Waals surface area contributed by atoms with Crippen LogP contribution in [0.1, 0.15) is 62.5 Å². The number of ether oxygens (including phenoxy) is 3. The van der Waals surface area contributed by atoms with Crippen LogP contribution in [-0.4, -0.2) is 26.7 Å². The van der Waals surface area contributed by atoms with E-state index in [2.05, 4.69) is 28.9 Å². The lowest BCUT2D eigenvalue weighted by molar-refractivity contribution is 0.322. The summed E-state index contributed by atoms with van der Waals surface area (Å²) in [6, 6.07) is 2.09. The van der Waals surface area contributed by atoms with Crippen LogP contribution in [0.3, 0.4) is 0 Å². The summed E-state index contributed by atoms with van der Waals surface area (Å²) in [6.45, 7) is 2.10. The molecular weight excluding hydrogens is 368 g/mol. The van der Waals surface area contributed by atoms with Crippen molar-refractivity contribution in [1.29, 1.82) is 0 Å². The molecule has 1 aromatic carbocycles. The Morgan fingerprint density at radius 1 is 0.750 bits per heavy atom. The van der Waals surface area contributed by atoms with Gasteiger partial charge in [0.25, 0.3) is 0 Å². The van der Waals surface area contributed by atoms with Gasteiger partial charge in [-0.15, -0.1) is 0 Å². The van der Waals surface area contributed by atoms with Crippen molar-refractivity contribution in [2.75, 3.05) is 26.7 Å². The summed E-state index contributed by atoms with van der Waals surface area (Å²) in [5, 5.41) is 1.14. The minimum Gasteiger partial charge on any atom is -0.493 e. The SMILES string of the molecule is COc1cc(CCCCCCCCCCBr)c(C)c(OC)c1OC. The second-order valence-corrected chi connectivity index (χ2v) is 6.99. The highest BCUT2D eigenvalue weighted by atomic mass is 79.9. The van der Waals surface area contributed by atoms with Crippen LogP contribution in [-0.2, 0) is 6.42 Å². The fourth-order valence-corrected chi connectivity index (χ4v) is 3.48. The lowest BCUT2D eigenvalue weighted by Gasteiger charge is -2.17. The molecule has 0 saturated heterocycles. The van der Waals surface area contributed by atoms with E-state index >= 15 is 0 Å². The molecule has 0 bridgehead atoms. The van der Waals surface area contributed by atoms with Gasteiger partial charge in [0, 0.05) is 5.33 Å². The first kappa shape index (κ1) is 21.1. The monoisotopic (exact) mass is 400 g/mol. The standard InChI is InChI=1S/C20H33BrO3/c1-16-17(13-11-9-7-5-6-8-10-12-14-21)15-18(22-2)20(24-4)19(16)23-3/h15H,5-14H2,1-4H3. The van der Waals surface area contributed by atoms with Gasteiger partial charge in [-0.1, -0.05) is 54.5 Å². The van der Waals surface area contributed by atoms with Crippen molar-refractivity contribution < 1.29 is 14.2 Å². The summed E-state index contributed by atoms with van der Waals surface area (Å²) in [4.78, 5) is 0. The van der Waals surface area contributed by atoms with Crippen LogP contribution >= 0.6 is 15.9 Å². The van der Waals surface area contributed by atoms with Crippen LogP contribution in [0, 0.1) is 6.92 Å². The quantitative estimate of drug-likeness (QED) is 0.296. The molecule has 3 nitrogen and oxygen atoms in total. The van der Waals surface area contributed by atoms with Crippen molar-refractivity contribution in [2.24, 2.45) is 0 Å². The third-order valence-corrected chi connectivity index (χ3v) is 5.08. The first-order valence-corrected chi connectivity index (χ1v) is 10.2. The lowest BCUT2D eigenvalue weighted by atomic mass is 9.99. The maximum Gasteiger partial charge on any atom is 0.203 e. The Kier molecular flexibility index (Phi) is 11.0. The van der Waals surface area contributed by atoms with Gasteiger partial charge in [0.1, 0.15) is 0 Å². The largest absolute Gasteiger partial charge is 0.493 e. The average molecular weight is 401 g/mol. The molecule has 1 rings (SSSR count). The second kappa shape index (κ2) is 12.5. The molecule has 0 saturated carbocycles. The van der Waals surface area contributed by atoms with E-state index in [-0.39, 0.29) is 0 Å². The number of hydrogen-bond acceptors (Lipinski definition) is 3. The van der Waals surface area contributed by atoms with Gasteiger partial charge in [0.2, 0.25) is 5.75 Å². The number of rotatable bonds is 13. The minimum atomic E-state index is 0.685. The maximum absolute atomic E-state index is 5.53. The summed E-state index contributed by atoms with van der Waals surface area (Å²) in [7, 11) is 5.01. The van der Waals surface area contributed by atoms with E-state index in [0.717, 1.165) is 28.8 Å². The van der Waals surface area contributed by atoms with Crippen LogP contribution in [0.5, 0.6) is 17.2 Å². The van der Waals surface area contributed by atoms with Crippen LogP contribution in [0.15, 0.2) is 6.07 Å². The van der Waals surface area contributed by atoms with Crippen molar-refractivity contribution in [3.05, 3.63) is 17.2 Å². The summed E-state index contributed by atoms with van der Waals surface area (Å²) < 4.78 is 16.4. The fraction of sp³-hybridized carbons (Fsp3) is 0.700. The number of aryl methyl sites for hydroxylation is 1. The van der Waals surface area contributed by atoms with Crippen molar-refractivity contribution in [1.82, 2.24) is 0 Å². The normalized spacial score (nSPS) is 10.7. The molecule has 0 spiro atoms. The van der Waals surface area contributed by atoms with E-state index in [9.17, 15) is 0 Å². The Balaban J connectivity index is 2.45. The van der Waals surface area contributed by atoms with Crippen molar-refractivity contribution in [3.8, 4) is 17.2 Å². The highest BCUT2D eigenvalue weighted by molar-refractivity contribution is 9.09. The van der Waals surface area contributed by atoms with E-state index in [4.69, 9.17) is 14.2 Å². The predicted molar refractivity (Wildman–Crippen MR) is 105 cm³/mol. The maximum atomic E-state index is 5.53. The van der Waals surface area contributed by atoms with Gasteiger partial charge in [0.05, 0.1) is 21.3 Å². The Labute approximate surface area is 156 Å². The smallest absolute Gasteiger partial charge is 0.203 e. The zero-order chi connectivity index (χ0) is 17.8. The van der Waals surface area contributed by atoms with E-state index in [1.165, 1.54) is 56.9 Å². The van der Waals surface area contributed by atoms with Crippen molar-refractivity contribution >= 4 is 15.9 Å². The number of hydrogen-bond donors (Lipinski definition) is 0. The van der Waals surface area contributed by atoms with E-state index in [1.54, 1.807) is 21.3 Å². The summed E-state index contributed by atoms with van der Waals surface area (Å²) in [5.41, 5.74) is 2.45. The Hall–Kier alpha value is -0.900. The second-order valence-electron chi connectivity index (χ2n) is 6.20. The lowest BCUT2D eigenvalue weighted by Crippen LogP contribution is -2.01. The van der Waals surface area contributed by atoms with E-state index in [1.807, 2.05) is 0 Å². The summed E-state index contributed by atoms with van der Waals surface area (Å²) >= 11 is 3.48. The van der Waals surface area contributed by atoms with Gasteiger partial charge in [-0.3, -0.25) is 0 Å². The number of halogens is 1. The Morgan fingerprint density at radius 3 is 1.79 bits per heavy atom. The number of methoxy groups -OCH3 is 3. The van der Waals surface area contributed by atoms with Gasteiger partial charge >= 0.3 is 0 Å². The molecule has 0 amide bonds. The van der Waals surface area contributed by atoms with Crippen molar-refractivity contribution in [3.63, 3.8) is 0 Å². The van der Waals surface area contributed by atoms with E-state index < -0.39 is 0 Å². The molecule has 0 N–H and O–H groups in total. The average Bonchev–Trinajstić information content (AvgIpc) is 2.60. The molecule has 0 unspecified atom stereocenters. The van der Waals surface area contributed by atoms with Gasteiger partial charge in [-0.05, 0) is 43.4 Å². The summed E-state index contributed by atoms with van der Waals surface area (Å²) in [6.07, 6.45) is 11.7. The predicted octanol–water partition coefficient (Wildman–Crippen LogP) is 6.08. The number of alkyl halides is 1. The molecule has 0 aliphatic heterocycles. The molecule has 138 valence electrons. The zero-order valence-electron chi connectivity index (χ0n) is 15.8. The minimum absolute atomic E-state index is 0.685. The van der Waals surface area contributed by atoms with Crippen LogP contribution in [0.25, 0.3) is 0 Å². The van der Waals surface area contributed by atoms with Crippen molar-refractivity contribution in [2.45, 2.75) is 64.7 Å². The molecule has 0 aromatic heterocycles. The molecule has 4 heteroatoms. The number of benzene rings is 1. The molecule has 0 heterocycles. The first-order chi connectivity index (χ1) is 11.7. The van der Waals surface area contributed by atoms with Gasteiger partial charge < -0.3 is 14.2 Å². The molecule has 0 aliphatic rings. The highest BCUT2D eigenvalue weighted by Gasteiger charge is 2.17.